The molecule has 2 N–H and O–H groups in total. The van der Waals surface area contributed by atoms with Crippen molar-refractivity contribution in [2.75, 3.05) is 18.9 Å². The molecular formula is C12H18BrNO3S. The molecule has 0 fully saturated rings. The van der Waals surface area contributed by atoms with E-state index < -0.39 is 9.84 Å². The average Bonchev–Trinajstić information content (AvgIpc) is 2.35. The summed E-state index contributed by atoms with van der Waals surface area (Å²) in [5, 5.41) is 0. The number of halogens is 1. The monoisotopic (exact) mass is 335 g/mol. The van der Waals surface area contributed by atoms with Gasteiger partial charge in [0.15, 0.2) is 9.84 Å². The lowest BCUT2D eigenvalue weighted by Crippen LogP contribution is -2.26. The third-order valence-corrected chi connectivity index (χ3v) is 4.84. The second-order valence-corrected chi connectivity index (χ2v) is 6.90. The minimum Gasteiger partial charge on any atom is -0.377 e. The van der Waals surface area contributed by atoms with E-state index in [2.05, 4.69) is 15.9 Å². The smallest absolute Gasteiger partial charge is 0.178 e. The van der Waals surface area contributed by atoms with Crippen molar-refractivity contribution in [3.8, 4) is 0 Å². The van der Waals surface area contributed by atoms with Gasteiger partial charge in [0.2, 0.25) is 0 Å². The van der Waals surface area contributed by atoms with Gasteiger partial charge in [-0.25, -0.2) is 8.42 Å². The largest absolute Gasteiger partial charge is 0.377 e. The van der Waals surface area contributed by atoms with Crippen LogP contribution in [0.2, 0.25) is 0 Å². The normalized spacial score (nSPS) is 13.5. The molecule has 1 aromatic rings. The molecule has 1 unspecified atom stereocenters. The SMILES string of the molecule is CCOC(CN)CCS(=O)(=O)c1ccc(Br)cc1. The van der Waals surface area contributed by atoms with Crippen LogP contribution in [0.3, 0.4) is 0 Å². The van der Waals surface area contributed by atoms with E-state index in [1.165, 1.54) is 0 Å². The minimum atomic E-state index is -3.26. The van der Waals surface area contributed by atoms with E-state index in [0.717, 1.165) is 4.47 Å². The molecule has 0 aromatic heterocycles. The van der Waals surface area contributed by atoms with Gasteiger partial charge < -0.3 is 10.5 Å². The molecule has 0 saturated carbocycles. The average molecular weight is 336 g/mol. The van der Waals surface area contributed by atoms with E-state index in [-0.39, 0.29) is 11.9 Å². The first-order chi connectivity index (χ1) is 8.49. The number of nitrogens with two attached hydrogens (primary N) is 1. The summed E-state index contributed by atoms with van der Waals surface area (Å²) in [6.45, 7) is 2.75. The fourth-order valence-electron chi connectivity index (χ4n) is 1.55. The lowest BCUT2D eigenvalue weighted by atomic mass is 10.3. The lowest BCUT2D eigenvalue weighted by molar-refractivity contribution is 0.0671. The summed E-state index contributed by atoms with van der Waals surface area (Å²) < 4.78 is 30.3. The fourth-order valence-corrected chi connectivity index (χ4v) is 3.18. The van der Waals surface area contributed by atoms with Crippen LogP contribution in [0, 0.1) is 0 Å². The Bertz CT molecular complexity index is 459. The lowest BCUT2D eigenvalue weighted by Gasteiger charge is -2.14. The van der Waals surface area contributed by atoms with Gasteiger partial charge in [-0.15, -0.1) is 0 Å². The molecule has 18 heavy (non-hydrogen) atoms. The van der Waals surface area contributed by atoms with Crippen LogP contribution in [0.5, 0.6) is 0 Å². The fraction of sp³-hybridized carbons (Fsp3) is 0.500. The van der Waals surface area contributed by atoms with Crippen molar-refractivity contribution in [3.05, 3.63) is 28.7 Å². The Kier molecular flexibility index (Phi) is 6.28. The summed E-state index contributed by atoms with van der Waals surface area (Å²) in [4.78, 5) is 0.331. The zero-order chi connectivity index (χ0) is 13.6. The van der Waals surface area contributed by atoms with Crippen LogP contribution < -0.4 is 5.73 Å². The van der Waals surface area contributed by atoms with E-state index in [1.807, 2.05) is 6.92 Å². The van der Waals surface area contributed by atoms with Gasteiger partial charge in [0.25, 0.3) is 0 Å². The first-order valence-electron chi connectivity index (χ1n) is 5.79. The highest BCUT2D eigenvalue weighted by molar-refractivity contribution is 9.10. The van der Waals surface area contributed by atoms with Gasteiger partial charge in [-0.05, 0) is 37.6 Å². The Morgan fingerprint density at radius 3 is 2.44 bits per heavy atom. The van der Waals surface area contributed by atoms with Gasteiger partial charge in [-0.2, -0.15) is 0 Å². The van der Waals surface area contributed by atoms with Gasteiger partial charge in [-0.3, -0.25) is 0 Å². The third kappa shape index (κ3) is 4.68. The standard InChI is InChI=1S/C12H18BrNO3S/c1-2-17-11(9-14)7-8-18(15,16)12-5-3-10(13)4-6-12/h3-6,11H,2,7-9,14H2,1H3. The number of benzene rings is 1. The number of sulfone groups is 1. The first-order valence-corrected chi connectivity index (χ1v) is 8.24. The van der Waals surface area contributed by atoms with Crippen LogP contribution in [0.25, 0.3) is 0 Å². The zero-order valence-corrected chi connectivity index (χ0v) is 12.7. The zero-order valence-electron chi connectivity index (χ0n) is 10.3. The molecule has 0 amide bonds. The molecule has 0 spiro atoms. The van der Waals surface area contributed by atoms with E-state index in [4.69, 9.17) is 10.5 Å². The van der Waals surface area contributed by atoms with Gasteiger partial charge in [0.1, 0.15) is 0 Å². The minimum absolute atomic E-state index is 0.0521. The van der Waals surface area contributed by atoms with Crippen LogP contribution in [0.1, 0.15) is 13.3 Å². The molecule has 0 aliphatic rings. The Morgan fingerprint density at radius 1 is 1.33 bits per heavy atom. The van der Waals surface area contributed by atoms with Crippen molar-refractivity contribution in [1.29, 1.82) is 0 Å². The molecule has 4 nitrogen and oxygen atoms in total. The number of hydrogen-bond acceptors (Lipinski definition) is 4. The maximum atomic E-state index is 12.1. The Hall–Kier alpha value is -0.430. The maximum Gasteiger partial charge on any atom is 0.178 e. The van der Waals surface area contributed by atoms with Crippen molar-refractivity contribution < 1.29 is 13.2 Å². The molecule has 6 heteroatoms. The summed E-state index contributed by atoms with van der Waals surface area (Å²) in [5.41, 5.74) is 5.52. The summed E-state index contributed by atoms with van der Waals surface area (Å²) in [6, 6.07) is 6.63. The van der Waals surface area contributed by atoms with E-state index >= 15 is 0 Å². The quantitative estimate of drug-likeness (QED) is 0.827. The predicted molar refractivity (Wildman–Crippen MR) is 75.3 cm³/mol. The van der Waals surface area contributed by atoms with E-state index in [1.54, 1.807) is 24.3 Å². The molecule has 0 saturated heterocycles. The molecule has 102 valence electrons. The predicted octanol–water partition coefficient (Wildman–Crippen LogP) is 1.98. The highest BCUT2D eigenvalue weighted by Gasteiger charge is 2.17. The van der Waals surface area contributed by atoms with Crippen LogP contribution in [0.4, 0.5) is 0 Å². The van der Waals surface area contributed by atoms with Crippen LogP contribution in [0.15, 0.2) is 33.6 Å². The van der Waals surface area contributed by atoms with Crippen LogP contribution in [-0.2, 0) is 14.6 Å². The Labute approximate surface area is 117 Å². The van der Waals surface area contributed by atoms with Crippen LogP contribution in [-0.4, -0.2) is 33.4 Å². The molecule has 0 aliphatic carbocycles. The van der Waals surface area contributed by atoms with E-state index in [9.17, 15) is 8.42 Å². The Balaban J connectivity index is 2.67. The molecule has 1 rings (SSSR count). The summed E-state index contributed by atoms with van der Waals surface area (Å²) in [5.74, 6) is 0.0521. The third-order valence-electron chi connectivity index (χ3n) is 2.55. The first kappa shape index (κ1) is 15.6. The van der Waals surface area contributed by atoms with Gasteiger partial charge in [-0.1, -0.05) is 15.9 Å². The Morgan fingerprint density at radius 2 is 1.94 bits per heavy atom. The molecule has 1 aromatic carbocycles. The summed E-state index contributed by atoms with van der Waals surface area (Å²) in [6.07, 6.45) is 0.225. The highest BCUT2D eigenvalue weighted by atomic mass is 79.9. The molecule has 1 atom stereocenters. The molecule has 0 heterocycles. The maximum absolute atomic E-state index is 12.1. The van der Waals surface area contributed by atoms with Crippen molar-refractivity contribution in [2.45, 2.75) is 24.3 Å². The number of rotatable bonds is 7. The number of ether oxygens (including phenoxy) is 1. The van der Waals surface area contributed by atoms with Crippen molar-refractivity contribution in [1.82, 2.24) is 0 Å². The van der Waals surface area contributed by atoms with Crippen LogP contribution >= 0.6 is 15.9 Å². The second-order valence-electron chi connectivity index (χ2n) is 3.87. The van der Waals surface area contributed by atoms with E-state index in [0.29, 0.717) is 24.5 Å². The summed E-state index contributed by atoms with van der Waals surface area (Å²) in [7, 11) is -3.26. The van der Waals surface area contributed by atoms with Crippen molar-refractivity contribution in [2.24, 2.45) is 5.73 Å². The second kappa shape index (κ2) is 7.23. The van der Waals surface area contributed by atoms with Crippen molar-refractivity contribution >= 4 is 25.8 Å². The molecule has 0 bridgehead atoms. The summed E-state index contributed by atoms with van der Waals surface area (Å²) >= 11 is 3.27. The van der Waals surface area contributed by atoms with Gasteiger partial charge in [0.05, 0.1) is 16.8 Å². The number of hydrogen-bond donors (Lipinski definition) is 1. The molecular weight excluding hydrogens is 318 g/mol. The molecule has 0 radical (unpaired) electrons. The van der Waals surface area contributed by atoms with Crippen molar-refractivity contribution in [3.63, 3.8) is 0 Å². The topological polar surface area (TPSA) is 69.4 Å². The molecule has 0 aliphatic heterocycles. The van der Waals surface area contributed by atoms with Gasteiger partial charge in [0, 0.05) is 17.6 Å². The van der Waals surface area contributed by atoms with Gasteiger partial charge >= 0.3 is 0 Å². The highest BCUT2D eigenvalue weighted by Crippen LogP contribution is 2.17.